The van der Waals surface area contributed by atoms with Crippen LogP contribution in [0, 0.1) is 5.41 Å². The van der Waals surface area contributed by atoms with Gasteiger partial charge in [0.2, 0.25) is 5.91 Å². The molecule has 1 fully saturated rings. The molecule has 1 aliphatic heterocycles. The molecule has 0 atom stereocenters. The molecule has 0 aliphatic carbocycles. The fraction of sp³-hybridized carbons (Fsp3) is 0.600. The van der Waals surface area contributed by atoms with Crippen molar-refractivity contribution in [3.05, 3.63) is 12.1 Å². The number of likely N-dealkylation sites (tertiary alicyclic amines) is 1. The van der Waals surface area contributed by atoms with Crippen LogP contribution in [-0.4, -0.2) is 45.7 Å². The van der Waals surface area contributed by atoms with Crippen LogP contribution in [0.25, 0.3) is 0 Å². The van der Waals surface area contributed by atoms with Crippen molar-refractivity contribution in [3.8, 4) is 11.5 Å². The van der Waals surface area contributed by atoms with Crippen molar-refractivity contribution in [2.45, 2.75) is 40.0 Å². The predicted octanol–water partition coefficient (Wildman–Crippen LogP) is 1.70. The molecule has 27 heavy (non-hydrogen) atoms. The van der Waals surface area contributed by atoms with Crippen LogP contribution in [0.4, 0.5) is 11.4 Å². The number of rotatable bonds is 6. The Morgan fingerprint density at radius 1 is 0.963 bits per heavy atom. The lowest BCUT2D eigenvalue weighted by Gasteiger charge is -2.23. The Labute approximate surface area is 161 Å². The number of nitrogens with one attached hydrogen (secondary N) is 3. The van der Waals surface area contributed by atoms with Gasteiger partial charge >= 0.3 is 0 Å². The third-order valence-corrected chi connectivity index (χ3v) is 4.70. The van der Waals surface area contributed by atoms with E-state index in [4.69, 9.17) is 9.47 Å². The Hall–Kier alpha value is -2.28. The van der Waals surface area contributed by atoms with Gasteiger partial charge in [-0.1, -0.05) is 20.8 Å². The second-order valence-corrected chi connectivity index (χ2v) is 7.99. The monoisotopic (exact) mass is 378 g/mol. The Morgan fingerprint density at radius 2 is 1.48 bits per heavy atom. The Morgan fingerprint density at radius 3 is 1.96 bits per heavy atom. The topological polar surface area (TPSA) is 81.1 Å². The highest BCUT2D eigenvalue weighted by Crippen LogP contribution is 2.37. The zero-order valence-electron chi connectivity index (χ0n) is 17.0. The summed E-state index contributed by atoms with van der Waals surface area (Å²) >= 11 is 0. The molecule has 0 radical (unpaired) electrons. The van der Waals surface area contributed by atoms with Gasteiger partial charge in [-0.2, -0.15) is 0 Å². The van der Waals surface area contributed by atoms with Crippen molar-refractivity contribution >= 4 is 23.2 Å². The van der Waals surface area contributed by atoms with Gasteiger partial charge in [-0.15, -0.1) is 0 Å². The number of amides is 2. The normalized spacial score (nSPS) is 15.1. The first-order chi connectivity index (χ1) is 12.7. The van der Waals surface area contributed by atoms with Gasteiger partial charge in [-0.3, -0.25) is 9.59 Å². The van der Waals surface area contributed by atoms with E-state index in [1.54, 1.807) is 12.1 Å². The standard InChI is InChI=1S/C20H31N3O4/c1-20(2,3)19(25)22-15-12-16(26-4)14(11-17(15)27-5)21-18(24)13-23-9-7-6-8-10-23/h11-12H,6-10,13H2,1-5H3,(H,21,24)(H,22,25)/p+1. The number of carbonyl (C=O) groups excluding carboxylic acids is 2. The number of hydrogen-bond donors (Lipinski definition) is 3. The Kier molecular flexibility index (Phi) is 7.07. The minimum atomic E-state index is -0.539. The molecule has 2 amide bonds. The van der Waals surface area contributed by atoms with Crippen molar-refractivity contribution in [2.24, 2.45) is 5.41 Å². The number of piperidine rings is 1. The third-order valence-electron chi connectivity index (χ3n) is 4.70. The van der Waals surface area contributed by atoms with Crippen LogP contribution in [0.5, 0.6) is 11.5 Å². The number of benzene rings is 1. The number of carbonyl (C=O) groups is 2. The smallest absolute Gasteiger partial charge is 0.279 e. The SMILES string of the molecule is COc1cc(NC(=O)C(C)(C)C)c(OC)cc1NC(=O)C[NH+]1CCCCC1. The summed E-state index contributed by atoms with van der Waals surface area (Å²) < 4.78 is 10.8. The maximum absolute atomic E-state index is 12.4. The first kappa shape index (κ1) is 21.0. The molecule has 0 aromatic heterocycles. The van der Waals surface area contributed by atoms with Crippen molar-refractivity contribution < 1.29 is 24.0 Å². The minimum Gasteiger partial charge on any atom is -0.494 e. The van der Waals surface area contributed by atoms with Crippen LogP contribution in [0.3, 0.4) is 0 Å². The van der Waals surface area contributed by atoms with Gasteiger partial charge in [0.05, 0.1) is 38.7 Å². The molecule has 0 spiro atoms. The first-order valence-corrected chi connectivity index (χ1v) is 9.45. The molecular weight excluding hydrogens is 346 g/mol. The molecular formula is C20H32N3O4+. The van der Waals surface area contributed by atoms with E-state index < -0.39 is 5.41 Å². The molecule has 0 unspecified atom stereocenters. The van der Waals surface area contributed by atoms with Crippen molar-refractivity contribution in [2.75, 3.05) is 44.5 Å². The summed E-state index contributed by atoms with van der Waals surface area (Å²) in [6.45, 7) is 8.02. The third kappa shape index (κ3) is 5.85. The lowest BCUT2D eigenvalue weighted by atomic mass is 9.95. The lowest BCUT2D eigenvalue weighted by molar-refractivity contribution is -0.896. The highest BCUT2D eigenvalue weighted by atomic mass is 16.5. The van der Waals surface area contributed by atoms with Gasteiger partial charge in [0.25, 0.3) is 5.91 Å². The average Bonchev–Trinajstić information content (AvgIpc) is 2.62. The van der Waals surface area contributed by atoms with Crippen molar-refractivity contribution in [1.29, 1.82) is 0 Å². The molecule has 2 rings (SSSR count). The summed E-state index contributed by atoms with van der Waals surface area (Å²) in [7, 11) is 3.06. The fourth-order valence-electron chi connectivity index (χ4n) is 3.05. The number of anilines is 2. The van der Waals surface area contributed by atoms with Crippen LogP contribution in [0.2, 0.25) is 0 Å². The maximum atomic E-state index is 12.4. The molecule has 1 aliphatic rings. The van der Waals surface area contributed by atoms with Crippen molar-refractivity contribution in [1.82, 2.24) is 0 Å². The molecule has 0 bridgehead atoms. The van der Waals surface area contributed by atoms with Crippen LogP contribution in [0.15, 0.2) is 12.1 Å². The Bertz CT molecular complexity index is 677. The van der Waals surface area contributed by atoms with Crippen LogP contribution in [0.1, 0.15) is 40.0 Å². The number of methoxy groups -OCH3 is 2. The van der Waals surface area contributed by atoms with E-state index in [1.165, 1.54) is 38.4 Å². The summed E-state index contributed by atoms with van der Waals surface area (Å²) in [5.74, 6) is 0.753. The lowest BCUT2D eigenvalue weighted by Crippen LogP contribution is -3.13. The summed E-state index contributed by atoms with van der Waals surface area (Å²) in [5, 5.41) is 5.78. The van der Waals surface area contributed by atoms with E-state index in [0.717, 1.165) is 13.1 Å². The summed E-state index contributed by atoms with van der Waals surface area (Å²) in [6, 6.07) is 3.35. The van der Waals surface area contributed by atoms with E-state index in [2.05, 4.69) is 10.6 Å². The van der Waals surface area contributed by atoms with Crippen LogP contribution in [-0.2, 0) is 9.59 Å². The number of hydrogen-bond acceptors (Lipinski definition) is 4. The van der Waals surface area contributed by atoms with Gasteiger partial charge in [-0.25, -0.2) is 0 Å². The Balaban J connectivity index is 2.16. The zero-order valence-corrected chi connectivity index (χ0v) is 17.0. The highest BCUT2D eigenvalue weighted by Gasteiger charge is 2.24. The predicted molar refractivity (Wildman–Crippen MR) is 106 cm³/mol. The molecule has 150 valence electrons. The van der Waals surface area contributed by atoms with E-state index in [9.17, 15) is 9.59 Å². The fourth-order valence-corrected chi connectivity index (χ4v) is 3.05. The molecule has 1 saturated heterocycles. The van der Waals surface area contributed by atoms with Gasteiger partial charge < -0.3 is 25.0 Å². The van der Waals surface area contributed by atoms with E-state index in [1.807, 2.05) is 20.8 Å². The van der Waals surface area contributed by atoms with Gasteiger partial charge in [0, 0.05) is 17.5 Å². The van der Waals surface area contributed by atoms with Gasteiger partial charge in [-0.05, 0) is 19.3 Å². The van der Waals surface area contributed by atoms with E-state index in [-0.39, 0.29) is 11.8 Å². The largest absolute Gasteiger partial charge is 0.494 e. The molecule has 1 aromatic carbocycles. The molecule has 7 heteroatoms. The second-order valence-electron chi connectivity index (χ2n) is 7.99. The summed E-state index contributed by atoms with van der Waals surface area (Å²) in [4.78, 5) is 26.1. The van der Waals surface area contributed by atoms with Crippen LogP contribution >= 0.6 is 0 Å². The maximum Gasteiger partial charge on any atom is 0.279 e. The molecule has 7 nitrogen and oxygen atoms in total. The van der Waals surface area contributed by atoms with Gasteiger partial charge in [0.1, 0.15) is 11.5 Å². The van der Waals surface area contributed by atoms with E-state index >= 15 is 0 Å². The zero-order chi connectivity index (χ0) is 20.0. The number of quaternary nitrogens is 1. The summed E-state index contributed by atoms with van der Waals surface area (Å²) in [5.41, 5.74) is 0.501. The summed E-state index contributed by atoms with van der Waals surface area (Å²) in [6.07, 6.45) is 3.59. The van der Waals surface area contributed by atoms with Crippen molar-refractivity contribution in [3.63, 3.8) is 0 Å². The molecule has 1 heterocycles. The quantitative estimate of drug-likeness (QED) is 0.704. The second kappa shape index (κ2) is 9.08. The van der Waals surface area contributed by atoms with Crippen LogP contribution < -0.4 is 25.0 Å². The molecule has 0 saturated carbocycles. The molecule has 1 aromatic rings. The highest BCUT2D eigenvalue weighted by molar-refractivity contribution is 5.98. The first-order valence-electron chi connectivity index (χ1n) is 9.45. The van der Waals surface area contributed by atoms with Gasteiger partial charge in [0.15, 0.2) is 6.54 Å². The average molecular weight is 378 g/mol. The minimum absolute atomic E-state index is 0.0567. The van der Waals surface area contributed by atoms with E-state index in [0.29, 0.717) is 29.4 Å². The number of ether oxygens (including phenoxy) is 2. The molecule has 3 N–H and O–H groups in total.